The van der Waals surface area contributed by atoms with Gasteiger partial charge in [-0.05, 0) is 55.0 Å². The minimum atomic E-state index is 0.0820. The van der Waals surface area contributed by atoms with Crippen molar-refractivity contribution >= 4 is 11.8 Å². The molecule has 140 valence electrons. The van der Waals surface area contributed by atoms with E-state index in [2.05, 4.69) is 4.98 Å². The number of rotatable bonds is 4. The predicted octanol–water partition coefficient (Wildman–Crippen LogP) is 2.78. The van der Waals surface area contributed by atoms with Gasteiger partial charge in [0, 0.05) is 50.1 Å². The number of nitrogens with zero attached hydrogens (tertiary/aromatic N) is 3. The molecule has 1 aromatic heterocycles. The largest absolute Gasteiger partial charge is 0.338 e. The number of aromatic nitrogens is 1. The number of pyridine rings is 1. The summed E-state index contributed by atoms with van der Waals surface area (Å²) in [7, 11) is 0. The molecule has 1 aromatic carbocycles. The lowest BCUT2D eigenvalue weighted by Gasteiger charge is -2.36. The number of hydrogen-bond acceptors (Lipinski definition) is 3. The van der Waals surface area contributed by atoms with Crippen molar-refractivity contribution in [2.24, 2.45) is 5.92 Å². The molecule has 3 fully saturated rings. The number of hydrogen-bond donors (Lipinski definition) is 0. The van der Waals surface area contributed by atoms with Gasteiger partial charge in [-0.1, -0.05) is 18.2 Å². The number of carbonyl (C=O) groups is 2. The Balaban J connectivity index is 1.42. The summed E-state index contributed by atoms with van der Waals surface area (Å²) in [5.41, 5.74) is 1.87. The van der Waals surface area contributed by atoms with Gasteiger partial charge in [0.15, 0.2) is 0 Å². The molecule has 5 rings (SSSR count). The number of aryl methyl sites for hydroxylation is 1. The van der Waals surface area contributed by atoms with Crippen molar-refractivity contribution in [3.05, 3.63) is 66.0 Å². The van der Waals surface area contributed by atoms with E-state index in [1.54, 1.807) is 12.4 Å². The molecule has 0 spiro atoms. The van der Waals surface area contributed by atoms with Gasteiger partial charge in [0.2, 0.25) is 5.91 Å². The maximum Gasteiger partial charge on any atom is 0.253 e. The van der Waals surface area contributed by atoms with Crippen LogP contribution in [0.4, 0.5) is 0 Å². The highest BCUT2D eigenvalue weighted by molar-refractivity contribution is 5.94. The fourth-order valence-corrected chi connectivity index (χ4v) is 4.26. The fourth-order valence-electron chi connectivity index (χ4n) is 4.26. The Morgan fingerprint density at radius 3 is 2.52 bits per heavy atom. The van der Waals surface area contributed by atoms with Gasteiger partial charge in [0.25, 0.3) is 5.91 Å². The molecule has 2 amide bonds. The van der Waals surface area contributed by atoms with Crippen LogP contribution in [0, 0.1) is 5.92 Å². The average Bonchev–Trinajstić information content (AvgIpc) is 3.05. The molecule has 2 atom stereocenters. The first kappa shape index (κ1) is 17.7. The van der Waals surface area contributed by atoms with Crippen LogP contribution in [0.1, 0.15) is 35.2 Å². The Morgan fingerprint density at radius 2 is 1.74 bits per heavy atom. The third-order valence-electron chi connectivity index (χ3n) is 5.72. The van der Waals surface area contributed by atoms with Crippen LogP contribution in [0.15, 0.2) is 54.9 Å². The summed E-state index contributed by atoms with van der Waals surface area (Å²) in [5.74, 6) is 0.662. The lowest BCUT2D eigenvalue weighted by Crippen LogP contribution is -2.47. The highest BCUT2D eigenvalue weighted by atomic mass is 16.2. The zero-order chi connectivity index (χ0) is 18.6. The standard InChI is InChI=1S/C22H25N3O2/c26-21(9-7-17-10-12-23-13-11-17)25-15-18-6-8-20(25)16-24(14-18)22(27)19-4-2-1-3-5-19/h1-5,10-13,18,20H,6-9,14-16H2/t18-,20+/m0/s1. The molecule has 3 aliphatic rings. The van der Waals surface area contributed by atoms with E-state index in [-0.39, 0.29) is 17.9 Å². The topological polar surface area (TPSA) is 53.5 Å². The lowest BCUT2D eigenvalue weighted by atomic mass is 9.94. The van der Waals surface area contributed by atoms with E-state index in [0.717, 1.165) is 43.5 Å². The summed E-state index contributed by atoms with van der Waals surface area (Å²) in [5, 5.41) is 0. The number of benzene rings is 1. The highest BCUT2D eigenvalue weighted by Gasteiger charge is 2.38. The van der Waals surface area contributed by atoms with Crippen LogP contribution in [0.25, 0.3) is 0 Å². The van der Waals surface area contributed by atoms with E-state index in [1.165, 1.54) is 0 Å². The van der Waals surface area contributed by atoms with E-state index >= 15 is 0 Å². The molecule has 2 aromatic rings. The molecular weight excluding hydrogens is 338 g/mol. The van der Waals surface area contributed by atoms with Crippen LogP contribution < -0.4 is 0 Å². The monoisotopic (exact) mass is 363 g/mol. The summed E-state index contributed by atoms with van der Waals surface area (Å²) in [6, 6.07) is 13.5. The number of piperidine rings is 1. The van der Waals surface area contributed by atoms with Crippen LogP contribution in [0.3, 0.4) is 0 Å². The summed E-state index contributed by atoms with van der Waals surface area (Å²) < 4.78 is 0. The van der Waals surface area contributed by atoms with Crippen LogP contribution in [0.2, 0.25) is 0 Å². The number of fused-ring (bicyclic) bond motifs is 4. The van der Waals surface area contributed by atoms with Gasteiger partial charge in [0.1, 0.15) is 0 Å². The van der Waals surface area contributed by atoms with Crippen LogP contribution in [-0.4, -0.2) is 52.3 Å². The van der Waals surface area contributed by atoms with Crippen LogP contribution >= 0.6 is 0 Å². The van der Waals surface area contributed by atoms with Crippen molar-refractivity contribution < 1.29 is 9.59 Å². The third-order valence-corrected chi connectivity index (χ3v) is 5.72. The third kappa shape index (κ3) is 4.02. The zero-order valence-corrected chi connectivity index (χ0v) is 15.5. The zero-order valence-electron chi connectivity index (χ0n) is 15.5. The predicted molar refractivity (Wildman–Crippen MR) is 103 cm³/mol. The van der Waals surface area contributed by atoms with Gasteiger partial charge in [-0.15, -0.1) is 0 Å². The van der Waals surface area contributed by atoms with Gasteiger partial charge < -0.3 is 9.80 Å². The van der Waals surface area contributed by atoms with Gasteiger partial charge in [-0.3, -0.25) is 14.6 Å². The minimum Gasteiger partial charge on any atom is -0.338 e. The van der Waals surface area contributed by atoms with Crippen molar-refractivity contribution in [3.8, 4) is 0 Å². The first-order valence-corrected chi connectivity index (χ1v) is 9.73. The van der Waals surface area contributed by atoms with Gasteiger partial charge in [-0.25, -0.2) is 0 Å². The molecule has 0 unspecified atom stereocenters. The Morgan fingerprint density at radius 1 is 0.963 bits per heavy atom. The van der Waals surface area contributed by atoms with E-state index in [0.29, 0.717) is 18.9 Å². The summed E-state index contributed by atoms with van der Waals surface area (Å²) in [6.45, 7) is 2.17. The Bertz CT molecular complexity index is 794. The second-order valence-corrected chi connectivity index (χ2v) is 7.57. The van der Waals surface area contributed by atoms with E-state index in [1.807, 2.05) is 52.3 Å². The molecule has 27 heavy (non-hydrogen) atoms. The number of amides is 2. The molecule has 5 nitrogen and oxygen atoms in total. The normalized spacial score (nSPS) is 21.8. The molecule has 4 heterocycles. The van der Waals surface area contributed by atoms with E-state index < -0.39 is 0 Å². The Kier molecular flexibility index (Phi) is 5.19. The fraction of sp³-hybridized carbons (Fsp3) is 0.409. The first-order chi connectivity index (χ1) is 13.2. The molecule has 0 N–H and O–H groups in total. The minimum absolute atomic E-state index is 0.0820. The van der Waals surface area contributed by atoms with Gasteiger partial charge in [0.05, 0.1) is 0 Å². The van der Waals surface area contributed by atoms with Crippen molar-refractivity contribution in [1.29, 1.82) is 0 Å². The van der Waals surface area contributed by atoms with Gasteiger partial charge in [-0.2, -0.15) is 0 Å². The van der Waals surface area contributed by atoms with Crippen LogP contribution in [-0.2, 0) is 11.2 Å². The average molecular weight is 363 g/mol. The maximum atomic E-state index is 12.9. The molecule has 0 radical (unpaired) electrons. The number of carbonyl (C=O) groups excluding carboxylic acids is 2. The first-order valence-electron chi connectivity index (χ1n) is 9.73. The molecule has 0 aliphatic carbocycles. The molecule has 3 saturated heterocycles. The molecule has 2 bridgehead atoms. The van der Waals surface area contributed by atoms with E-state index in [4.69, 9.17) is 0 Å². The SMILES string of the molecule is O=C(c1ccccc1)N1C[C@@H]2CC[C@H](C1)N(C(=O)CCc1ccncc1)C2. The summed E-state index contributed by atoms with van der Waals surface area (Å²) in [6.07, 6.45) is 6.87. The second-order valence-electron chi connectivity index (χ2n) is 7.57. The molecular formula is C22H25N3O2. The maximum absolute atomic E-state index is 12.9. The van der Waals surface area contributed by atoms with Crippen molar-refractivity contribution in [3.63, 3.8) is 0 Å². The van der Waals surface area contributed by atoms with Crippen LogP contribution in [0.5, 0.6) is 0 Å². The highest BCUT2D eigenvalue weighted by Crippen LogP contribution is 2.29. The molecule has 5 heteroatoms. The van der Waals surface area contributed by atoms with Crippen molar-refractivity contribution in [1.82, 2.24) is 14.8 Å². The molecule has 0 saturated carbocycles. The lowest BCUT2D eigenvalue weighted by molar-refractivity contribution is -0.135. The smallest absolute Gasteiger partial charge is 0.253 e. The second kappa shape index (κ2) is 7.91. The summed E-state index contributed by atoms with van der Waals surface area (Å²) >= 11 is 0. The van der Waals surface area contributed by atoms with Crippen molar-refractivity contribution in [2.45, 2.75) is 31.7 Å². The molecule has 3 aliphatic heterocycles. The quantitative estimate of drug-likeness (QED) is 0.839. The summed E-state index contributed by atoms with van der Waals surface area (Å²) in [4.78, 5) is 33.8. The Labute approximate surface area is 160 Å². The van der Waals surface area contributed by atoms with Crippen molar-refractivity contribution in [2.75, 3.05) is 19.6 Å². The Hall–Kier alpha value is -2.69. The van der Waals surface area contributed by atoms with E-state index in [9.17, 15) is 9.59 Å². The van der Waals surface area contributed by atoms with Gasteiger partial charge >= 0.3 is 0 Å².